The second-order valence-electron chi connectivity index (χ2n) is 6.58. The number of piperazine rings is 1. The number of rotatable bonds is 4. The van der Waals surface area contributed by atoms with Crippen molar-refractivity contribution in [2.24, 2.45) is 0 Å². The molecule has 1 aliphatic heterocycles. The summed E-state index contributed by atoms with van der Waals surface area (Å²) >= 11 is 6.15. The topological polar surface area (TPSA) is 85.5 Å². The van der Waals surface area contributed by atoms with Crippen LogP contribution in [0.25, 0.3) is 5.52 Å². The maximum Gasteiger partial charge on any atom is 0.259 e. The van der Waals surface area contributed by atoms with Gasteiger partial charge in [0.15, 0.2) is 0 Å². The number of nitrogens with zero attached hydrogens (tertiary/aromatic N) is 4. The van der Waals surface area contributed by atoms with E-state index in [2.05, 4.69) is 26.7 Å². The Morgan fingerprint density at radius 2 is 2.11 bits per heavy atom. The van der Waals surface area contributed by atoms with Gasteiger partial charge in [-0.2, -0.15) is 10.4 Å². The van der Waals surface area contributed by atoms with Crippen molar-refractivity contribution < 1.29 is 4.79 Å². The molecule has 0 atom stereocenters. The number of nitrogens with one attached hydrogen (secondary N) is 2. The lowest BCUT2D eigenvalue weighted by Gasteiger charge is -2.31. The molecule has 3 aromatic rings. The number of carbonyl (C=O) groups is 1. The molecule has 142 valence electrons. The highest BCUT2D eigenvalue weighted by Gasteiger charge is 2.20. The molecule has 2 N–H and O–H groups in total. The molecule has 4 rings (SSSR count). The van der Waals surface area contributed by atoms with E-state index in [0.29, 0.717) is 21.8 Å². The van der Waals surface area contributed by atoms with Crippen LogP contribution in [-0.2, 0) is 6.42 Å². The molecule has 0 aliphatic carbocycles. The van der Waals surface area contributed by atoms with Crippen molar-refractivity contribution in [3.63, 3.8) is 0 Å². The third-order valence-corrected chi connectivity index (χ3v) is 5.14. The molecule has 2 aromatic heterocycles. The fraction of sp³-hybridized carbons (Fsp3) is 0.250. The van der Waals surface area contributed by atoms with Crippen molar-refractivity contribution in [1.82, 2.24) is 14.9 Å². The smallest absolute Gasteiger partial charge is 0.259 e. The fourth-order valence-corrected chi connectivity index (χ4v) is 3.59. The van der Waals surface area contributed by atoms with Crippen LogP contribution in [0.1, 0.15) is 15.9 Å². The largest absolute Gasteiger partial charge is 0.369 e. The predicted molar refractivity (Wildman–Crippen MR) is 109 cm³/mol. The van der Waals surface area contributed by atoms with E-state index in [0.717, 1.165) is 37.4 Å². The molecule has 1 aliphatic rings. The summed E-state index contributed by atoms with van der Waals surface area (Å²) in [5.41, 5.74) is 3.58. The van der Waals surface area contributed by atoms with E-state index < -0.39 is 0 Å². The van der Waals surface area contributed by atoms with Gasteiger partial charge in [0.05, 0.1) is 40.5 Å². The summed E-state index contributed by atoms with van der Waals surface area (Å²) in [6.07, 6.45) is 3.66. The number of nitriles is 1. The lowest BCUT2D eigenvalue weighted by Crippen LogP contribution is -2.44. The Hall–Kier alpha value is -3.08. The minimum absolute atomic E-state index is 0.276. The van der Waals surface area contributed by atoms with E-state index in [1.807, 2.05) is 24.4 Å². The van der Waals surface area contributed by atoms with Crippen LogP contribution in [0, 0.1) is 11.3 Å². The molecule has 1 saturated heterocycles. The lowest BCUT2D eigenvalue weighted by molar-refractivity contribution is 0.102. The SMILES string of the molecule is N#CCc1cn2ncc(C(=O)Nc3ccccc3Cl)c2cc1N1CCNCC1. The standard InChI is InChI=1S/C20H19ClN6O/c21-16-3-1-2-4-17(16)25-20(28)15-12-24-27-13-14(5-6-22)18(11-19(15)27)26-9-7-23-8-10-26/h1-4,11-13,23H,5,7-10H2,(H,25,28). The summed E-state index contributed by atoms with van der Waals surface area (Å²) in [5.74, 6) is -0.276. The van der Waals surface area contributed by atoms with Gasteiger partial charge in [-0.1, -0.05) is 23.7 Å². The molecule has 0 saturated carbocycles. The monoisotopic (exact) mass is 394 g/mol. The average Bonchev–Trinajstić information content (AvgIpc) is 3.13. The Bertz CT molecular complexity index is 1060. The van der Waals surface area contributed by atoms with Crippen molar-refractivity contribution in [2.45, 2.75) is 6.42 Å². The zero-order valence-electron chi connectivity index (χ0n) is 15.2. The lowest BCUT2D eigenvalue weighted by atomic mass is 10.1. The molecule has 1 amide bonds. The van der Waals surface area contributed by atoms with Gasteiger partial charge in [-0.3, -0.25) is 4.79 Å². The zero-order chi connectivity index (χ0) is 19.5. The number of pyridine rings is 1. The third kappa shape index (κ3) is 3.52. The van der Waals surface area contributed by atoms with Crippen molar-refractivity contribution in [3.8, 4) is 6.07 Å². The number of halogens is 1. The van der Waals surface area contributed by atoms with E-state index in [1.165, 1.54) is 0 Å². The Morgan fingerprint density at radius 1 is 1.32 bits per heavy atom. The van der Waals surface area contributed by atoms with Crippen LogP contribution >= 0.6 is 11.6 Å². The first-order valence-corrected chi connectivity index (χ1v) is 9.44. The fourth-order valence-electron chi connectivity index (χ4n) is 3.40. The quantitative estimate of drug-likeness (QED) is 0.710. The Balaban J connectivity index is 1.72. The van der Waals surface area contributed by atoms with E-state index >= 15 is 0 Å². The molecule has 1 fully saturated rings. The normalized spacial score (nSPS) is 14.1. The number of amides is 1. The van der Waals surface area contributed by atoms with Crippen LogP contribution < -0.4 is 15.5 Å². The number of anilines is 2. The van der Waals surface area contributed by atoms with Gasteiger partial charge >= 0.3 is 0 Å². The van der Waals surface area contributed by atoms with Crippen molar-refractivity contribution in [3.05, 3.63) is 58.9 Å². The minimum atomic E-state index is -0.276. The first-order valence-electron chi connectivity index (χ1n) is 9.06. The van der Waals surface area contributed by atoms with Gasteiger partial charge in [0, 0.05) is 43.6 Å². The van der Waals surface area contributed by atoms with Crippen LogP contribution in [0.15, 0.2) is 42.7 Å². The molecule has 7 nitrogen and oxygen atoms in total. The van der Waals surface area contributed by atoms with Crippen LogP contribution in [0.2, 0.25) is 5.02 Å². The number of para-hydroxylation sites is 1. The Labute approximate surface area is 167 Å². The van der Waals surface area contributed by atoms with E-state index in [9.17, 15) is 10.1 Å². The maximum absolute atomic E-state index is 12.8. The second-order valence-corrected chi connectivity index (χ2v) is 6.99. The Kier molecular flexibility index (Phi) is 5.15. The molecular weight excluding hydrogens is 376 g/mol. The molecule has 0 spiro atoms. The predicted octanol–water partition coefficient (Wildman–Crippen LogP) is 2.72. The first kappa shape index (κ1) is 18.3. The van der Waals surface area contributed by atoms with Gasteiger partial charge in [0.2, 0.25) is 0 Å². The zero-order valence-corrected chi connectivity index (χ0v) is 15.9. The molecule has 8 heteroatoms. The maximum atomic E-state index is 12.8. The number of benzene rings is 1. The highest BCUT2D eigenvalue weighted by molar-refractivity contribution is 6.34. The summed E-state index contributed by atoms with van der Waals surface area (Å²) in [7, 11) is 0. The summed E-state index contributed by atoms with van der Waals surface area (Å²) < 4.78 is 1.65. The van der Waals surface area contributed by atoms with Crippen molar-refractivity contribution in [1.29, 1.82) is 5.26 Å². The van der Waals surface area contributed by atoms with Gasteiger partial charge in [-0.15, -0.1) is 0 Å². The number of fused-ring (bicyclic) bond motifs is 1. The molecule has 0 radical (unpaired) electrons. The number of aromatic nitrogens is 2. The highest BCUT2D eigenvalue weighted by Crippen LogP contribution is 2.27. The van der Waals surface area contributed by atoms with Gasteiger partial charge in [-0.05, 0) is 18.2 Å². The summed E-state index contributed by atoms with van der Waals surface area (Å²) in [6, 6.07) is 11.3. The first-order chi connectivity index (χ1) is 13.7. The molecule has 28 heavy (non-hydrogen) atoms. The van der Waals surface area contributed by atoms with Crippen LogP contribution in [-0.4, -0.2) is 41.7 Å². The van der Waals surface area contributed by atoms with Crippen LogP contribution in [0.3, 0.4) is 0 Å². The second kappa shape index (κ2) is 7.89. The summed E-state index contributed by atoms with van der Waals surface area (Å²) in [4.78, 5) is 15.1. The third-order valence-electron chi connectivity index (χ3n) is 4.81. The molecule has 0 bridgehead atoms. The highest BCUT2D eigenvalue weighted by atomic mass is 35.5. The van der Waals surface area contributed by atoms with E-state index in [-0.39, 0.29) is 12.3 Å². The van der Waals surface area contributed by atoms with Crippen molar-refractivity contribution in [2.75, 3.05) is 36.4 Å². The van der Waals surface area contributed by atoms with Gasteiger partial charge in [0.1, 0.15) is 0 Å². The minimum Gasteiger partial charge on any atom is -0.369 e. The molecule has 1 aromatic carbocycles. The van der Waals surface area contributed by atoms with Crippen LogP contribution in [0.5, 0.6) is 0 Å². The summed E-state index contributed by atoms with van der Waals surface area (Å²) in [5, 5.41) is 20.2. The number of hydrogen-bond acceptors (Lipinski definition) is 5. The van der Waals surface area contributed by atoms with Crippen LogP contribution in [0.4, 0.5) is 11.4 Å². The van der Waals surface area contributed by atoms with E-state index in [1.54, 1.807) is 22.8 Å². The van der Waals surface area contributed by atoms with Crippen molar-refractivity contribution >= 4 is 34.4 Å². The molecular formula is C20H19ClN6O. The number of hydrogen-bond donors (Lipinski definition) is 2. The average molecular weight is 395 g/mol. The van der Waals surface area contributed by atoms with Gasteiger partial charge in [0.25, 0.3) is 5.91 Å². The van der Waals surface area contributed by atoms with E-state index in [4.69, 9.17) is 11.6 Å². The molecule has 0 unspecified atom stereocenters. The molecule has 3 heterocycles. The van der Waals surface area contributed by atoms with Gasteiger partial charge in [-0.25, -0.2) is 4.52 Å². The number of carbonyl (C=O) groups excluding carboxylic acids is 1. The van der Waals surface area contributed by atoms with Gasteiger partial charge < -0.3 is 15.5 Å². The Morgan fingerprint density at radius 3 is 2.86 bits per heavy atom. The summed E-state index contributed by atoms with van der Waals surface area (Å²) in [6.45, 7) is 3.47.